The zero-order chi connectivity index (χ0) is 41.7. The van der Waals surface area contributed by atoms with Crippen LogP contribution in [0, 0.1) is 20.8 Å². The number of amidine groups is 1. The van der Waals surface area contributed by atoms with Crippen LogP contribution in [0.3, 0.4) is 0 Å². The number of carbonyl (C=O) groups is 3. The van der Waals surface area contributed by atoms with Gasteiger partial charge in [-0.05, 0) is 106 Å². The van der Waals surface area contributed by atoms with Crippen LogP contribution in [0.5, 0.6) is 11.5 Å². The summed E-state index contributed by atoms with van der Waals surface area (Å²) in [5, 5.41) is 6.80. The summed E-state index contributed by atoms with van der Waals surface area (Å²) in [6, 6.07) is 28.0. The second-order valence-corrected chi connectivity index (χ2v) is 16.3. The lowest BCUT2D eigenvalue weighted by Crippen LogP contribution is -2.36. The predicted molar refractivity (Wildman–Crippen MR) is 236 cm³/mol. The molecule has 58 heavy (non-hydrogen) atoms. The number of amides is 3. The van der Waals surface area contributed by atoms with Crippen molar-refractivity contribution in [2.75, 3.05) is 15.6 Å². The summed E-state index contributed by atoms with van der Waals surface area (Å²) >= 11 is 27.2. The minimum Gasteiger partial charge on any atom is -0.481 e. The Kier molecular flexibility index (Phi) is 13.8. The van der Waals surface area contributed by atoms with Crippen LogP contribution in [0.4, 0.5) is 22.7 Å². The van der Waals surface area contributed by atoms with Crippen LogP contribution in [-0.2, 0) is 14.4 Å². The van der Waals surface area contributed by atoms with E-state index >= 15 is 0 Å². The van der Waals surface area contributed by atoms with Crippen molar-refractivity contribution < 1.29 is 23.9 Å². The molecule has 0 aromatic heterocycles. The fraction of sp³-hybridized carbons (Fsp3) is 0.209. The standard InChI is InChI=1S/C43H39Cl4N5O5S/c1-6-35(57-29-11-9-10-23(2)19-29)42(54)48-28-15-16-30(45)34(22-28)49-40-39(43(55)52(51-40)38-31(46)20-27(44)21-32(38)47)58-37-13-8-7-12-33(37)50-41(53)26(5)56-36-17-14-24(3)18-25(36)4/h7-22,26,35,39H,6H2,1-5H3,(H,48,54)(H,49,51)(H,50,53). The van der Waals surface area contributed by atoms with E-state index in [1.807, 2.05) is 64.1 Å². The normalized spacial score (nSPS) is 15.5. The van der Waals surface area contributed by atoms with Crippen molar-refractivity contribution in [3.8, 4) is 11.5 Å². The van der Waals surface area contributed by atoms with Gasteiger partial charge in [0.15, 0.2) is 12.2 Å². The van der Waals surface area contributed by atoms with Gasteiger partial charge in [0.25, 0.3) is 17.7 Å². The monoisotopic (exact) mass is 877 g/mol. The maximum Gasteiger partial charge on any atom is 0.267 e. The van der Waals surface area contributed by atoms with Crippen molar-refractivity contribution >= 4 is 104 Å². The van der Waals surface area contributed by atoms with Crippen LogP contribution in [0.2, 0.25) is 20.1 Å². The largest absolute Gasteiger partial charge is 0.481 e. The first kappa shape index (κ1) is 42.7. The fourth-order valence-electron chi connectivity index (χ4n) is 5.98. The Hall–Kier alpha value is -4.91. The van der Waals surface area contributed by atoms with Gasteiger partial charge in [-0.1, -0.05) is 95.3 Å². The molecule has 3 atom stereocenters. The number of aliphatic imine (C=N–C) groups is 1. The van der Waals surface area contributed by atoms with E-state index in [4.69, 9.17) is 60.9 Å². The van der Waals surface area contributed by atoms with E-state index in [-0.39, 0.29) is 49.1 Å². The Morgan fingerprint density at radius 2 is 1.55 bits per heavy atom. The Balaban J connectivity index is 1.29. The summed E-state index contributed by atoms with van der Waals surface area (Å²) in [4.78, 5) is 46.6. The average molecular weight is 880 g/mol. The van der Waals surface area contributed by atoms with Crippen molar-refractivity contribution in [3.05, 3.63) is 134 Å². The number of hydrazine groups is 1. The number of hydrogen-bond acceptors (Lipinski definition) is 7. The van der Waals surface area contributed by atoms with E-state index in [0.29, 0.717) is 34.2 Å². The molecule has 0 aliphatic carbocycles. The molecule has 3 amide bonds. The minimum absolute atomic E-state index is 0.120. The molecule has 6 rings (SSSR count). The zero-order valence-corrected chi connectivity index (χ0v) is 35.9. The summed E-state index contributed by atoms with van der Waals surface area (Å²) in [6.07, 6.45) is -1.20. The molecule has 1 heterocycles. The number of hydrogen-bond donors (Lipinski definition) is 3. The Labute approximate surface area is 361 Å². The van der Waals surface area contributed by atoms with E-state index in [0.717, 1.165) is 28.5 Å². The summed E-state index contributed by atoms with van der Waals surface area (Å²) in [7, 11) is 0. The molecule has 0 radical (unpaired) electrons. The average Bonchev–Trinajstić information content (AvgIpc) is 3.46. The molecule has 3 N–H and O–H groups in total. The summed E-state index contributed by atoms with van der Waals surface area (Å²) in [5.74, 6) is 0.128. The van der Waals surface area contributed by atoms with Crippen molar-refractivity contribution in [2.24, 2.45) is 4.99 Å². The lowest BCUT2D eigenvalue weighted by atomic mass is 10.1. The number of nitrogens with one attached hydrogen (secondary N) is 3. The first-order valence-electron chi connectivity index (χ1n) is 18.2. The highest BCUT2D eigenvalue weighted by Gasteiger charge is 2.41. The van der Waals surface area contributed by atoms with Gasteiger partial charge in [-0.2, -0.15) is 0 Å². The highest BCUT2D eigenvalue weighted by molar-refractivity contribution is 8.01. The third-order valence-electron chi connectivity index (χ3n) is 8.90. The molecule has 1 saturated heterocycles. The lowest BCUT2D eigenvalue weighted by Gasteiger charge is -2.19. The Morgan fingerprint density at radius 3 is 2.26 bits per heavy atom. The molecule has 1 aliphatic rings. The highest BCUT2D eigenvalue weighted by atomic mass is 35.5. The van der Waals surface area contributed by atoms with Crippen LogP contribution >= 0.6 is 58.2 Å². The molecule has 15 heteroatoms. The maximum absolute atomic E-state index is 14.4. The van der Waals surface area contributed by atoms with Crippen LogP contribution in [0.15, 0.2) is 107 Å². The van der Waals surface area contributed by atoms with Crippen LogP contribution < -0.4 is 30.5 Å². The number of carbonyl (C=O) groups excluding carboxylic acids is 3. The van der Waals surface area contributed by atoms with E-state index in [9.17, 15) is 14.4 Å². The smallest absolute Gasteiger partial charge is 0.267 e. The summed E-state index contributed by atoms with van der Waals surface area (Å²) in [6.45, 7) is 9.37. The third-order valence-corrected chi connectivity index (χ3v) is 11.3. The zero-order valence-electron chi connectivity index (χ0n) is 32.0. The molecule has 0 spiro atoms. The van der Waals surface area contributed by atoms with Gasteiger partial charge in [-0.25, -0.2) is 10.0 Å². The van der Waals surface area contributed by atoms with Crippen LogP contribution in [-0.4, -0.2) is 41.0 Å². The van der Waals surface area contributed by atoms with E-state index in [1.54, 1.807) is 55.5 Å². The number of thioether (sulfide) groups is 1. The highest BCUT2D eigenvalue weighted by Crippen LogP contribution is 2.41. The molecule has 300 valence electrons. The quantitative estimate of drug-likeness (QED) is 0.108. The molecule has 10 nitrogen and oxygen atoms in total. The molecule has 5 aromatic carbocycles. The maximum atomic E-state index is 14.4. The van der Waals surface area contributed by atoms with Crippen LogP contribution in [0.1, 0.15) is 37.0 Å². The van der Waals surface area contributed by atoms with Gasteiger partial charge in [0.05, 0.1) is 26.4 Å². The molecule has 0 saturated carbocycles. The summed E-state index contributed by atoms with van der Waals surface area (Å²) in [5.41, 5.74) is 7.33. The number of anilines is 3. The summed E-state index contributed by atoms with van der Waals surface area (Å²) < 4.78 is 12.0. The Bertz CT molecular complexity index is 2390. The van der Waals surface area contributed by atoms with Crippen molar-refractivity contribution in [1.82, 2.24) is 5.43 Å². The number of para-hydroxylation sites is 1. The lowest BCUT2D eigenvalue weighted by molar-refractivity contribution is -0.123. The van der Waals surface area contributed by atoms with E-state index in [1.165, 1.54) is 17.1 Å². The predicted octanol–water partition coefficient (Wildman–Crippen LogP) is 11.2. The van der Waals surface area contributed by atoms with E-state index in [2.05, 4.69) is 16.1 Å². The fourth-order valence-corrected chi connectivity index (χ4v) is 8.21. The third kappa shape index (κ3) is 10.2. The SMILES string of the molecule is CCC(Oc1cccc(C)c1)C(=O)Nc1ccc(Cl)c(N=C2NN(c3c(Cl)cc(Cl)cc3Cl)C(=O)C2Sc2ccccc2NC(=O)C(C)Oc2ccc(C)cc2C)c1. The molecule has 3 unspecified atom stereocenters. The molecule has 1 fully saturated rings. The van der Waals surface area contributed by atoms with Crippen molar-refractivity contribution in [1.29, 1.82) is 0 Å². The van der Waals surface area contributed by atoms with Crippen LogP contribution in [0.25, 0.3) is 0 Å². The number of aryl methyl sites for hydroxylation is 3. The second kappa shape index (κ2) is 18.8. The number of rotatable bonds is 13. The second-order valence-electron chi connectivity index (χ2n) is 13.5. The van der Waals surface area contributed by atoms with E-state index < -0.39 is 23.4 Å². The molecular weight excluding hydrogens is 840 g/mol. The number of ether oxygens (including phenoxy) is 2. The molecule has 0 bridgehead atoms. The topological polar surface area (TPSA) is 121 Å². The number of nitrogens with zero attached hydrogens (tertiary/aromatic N) is 2. The van der Waals surface area contributed by atoms with Gasteiger partial charge in [0, 0.05) is 15.6 Å². The van der Waals surface area contributed by atoms with Gasteiger partial charge in [0.1, 0.15) is 28.3 Å². The van der Waals surface area contributed by atoms with Gasteiger partial charge >= 0.3 is 0 Å². The first-order valence-corrected chi connectivity index (χ1v) is 20.6. The van der Waals surface area contributed by atoms with Gasteiger partial charge in [0.2, 0.25) is 0 Å². The minimum atomic E-state index is -1.02. The number of benzene rings is 5. The number of halogens is 4. The molecule has 1 aliphatic heterocycles. The van der Waals surface area contributed by atoms with Gasteiger partial charge in [-0.3, -0.25) is 19.8 Å². The Morgan fingerprint density at radius 1 is 0.828 bits per heavy atom. The first-order chi connectivity index (χ1) is 27.7. The van der Waals surface area contributed by atoms with Gasteiger partial charge < -0.3 is 20.1 Å². The van der Waals surface area contributed by atoms with Gasteiger partial charge in [-0.15, -0.1) is 11.8 Å². The van der Waals surface area contributed by atoms with Crippen molar-refractivity contribution in [2.45, 2.75) is 63.4 Å². The van der Waals surface area contributed by atoms with Crippen molar-refractivity contribution in [3.63, 3.8) is 0 Å². The molecular formula is C43H39Cl4N5O5S. The molecule has 5 aromatic rings.